The molecule has 0 amide bonds. The summed E-state index contributed by atoms with van der Waals surface area (Å²) in [5.74, 6) is 1.61. The lowest BCUT2D eigenvalue weighted by atomic mass is 10.1. The summed E-state index contributed by atoms with van der Waals surface area (Å²) in [6, 6.07) is 3.68. The maximum Gasteiger partial charge on any atom is 0.230 e. The van der Waals surface area contributed by atoms with E-state index in [2.05, 4.69) is 28.8 Å². The van der Waals surface area contributed by atoms with Crippen molar-refractivity contribution in [3.05, 3.63) is 34.9 Å². The summed E-state index contributed by atoms with van der Waals surface area (Å²) in [5, 5.41) is 14.7. The molecule has 0 aliphatic rings. The molecule has 0 radical (unpaired) electrons. The molecule has 0 aromatic carbocycles. The van der Waals surface area contributed by atoms with Crippen LogP contribution in [-0.4, -0.2) is 37.7 Å². The van der Waals surface area contributed by atoms with Crippen LogP contribution in [0, 0.1) is 6.92 Å². The van der Waals surface area contributed by atoms with Gasteiger partial charge in [0, 0.05) is 0 Å². The average molecular weight is 306 g/mol. The summed E-state index contributed by atoms with van der Waals surface area (Å²) >= 11 is 1.45. The Kier molecular flexibility index (Phi) is 3.69. The molecule has 0 saturated heterocycles. The van der Waals surface area contributed by atoms with Crippen molar-refractivity contribution < 1.29 is 9.52 Å². The van der Waals surface area contributed by atoms with Gasteiger partial charge in [-0.3, -0.25) is 4.90 Å². The smallest absolute Gasteiger partial charge is 0.230 e. The molecule has 0 aliphatic heterocycles. The van der Waals surface area contributed by atoms with Crippen LogP contribution in [0.4, 0.5) is 0 Å². The van der Waals surface area contributed by atoms with E-state index < -0.39 is 0 Å². The van der Waals surface area contributed by atoms with E-state index in [-0.39, 0.29) is 11.9 Å². The molecule has 0 saturated carbocycles. The Morgan fingerprint density at radius 3 is 2.76 bits per heavy atom. The van der Waals surface area contributed by atoms with Crippen molar-refractivity contribution in [2.45, 2.75) is 26.8 Å². The predicted molar refractivity (Wildman–Crippen MR) is 80.7 cm³/mol. The molecule has 0 spiro atoms. The third-order valence-corrected chi connectivity index (χ3v) is 4.62. The van der Waals surface area contributed by atoms with Gasteiger partial charge in [-0.1, -0.05) is 25.2 Å². The van der Waals surface area contributed by atoms with Crippen LogP contribution >= 0.6 is 11.3 Å². The highest BCUT2D eigenvalue weighted by Gasteiger charge is 2.29. The van der Waals surface area contributed by atoms with Crippen molar-refractivity contribution in [2.75, 3.05) is 13.1 Å². The van der Waals surface area contributed by atoms with E-state index >= 15 is 0 Å². The molecule has 3 heterocycles. The highest BCUT2D eigenvalue weighted by atomic mass is 32.1. The second-order valence-corrected chi connectivity index (χ2v) is 5.79. The Morgan fingerprint density at radius 1 is 1.43 bits per heavy atom. The normalized spacial score (nSPS) is 13.3. The summed E-state index contributed by atoms with van der Waals surface area (Å²) in [5.41, 5.74) is 0. The van der Waals surface area contributed by atoms with Gasteiger partial charge >= 0.3 is 0 Å². The lowest BCUT2D eigenvalue weighted by Gasteiger charge is -2.27. The van der Waals surface area contributed by atoms with E-state index in [1.165, 1.54) is 15.9 Å². The minimum atomic E-state index is -0.121. The topological polar surface area (TPSA) is 66.8 Å². The molecule has 3 rings (SSSR count). The van der Waals surface area contributed by atoms with Crippen LogP contribution in [0.2, 0.25) is 0 Å². The summed E-state index contributed by atoms with van der Waals surface area (Å²) in [6.45, 7) is 7.71. The highest BCUT2D eigenvalue weighted by Crippen LogP contribution is 2.39. The van der Waals surface area contributed by atoms with Gasteiger partial charge in [0.25, 0.3) is 0 Å². The van der Waals surface area contributed by atoms with E-state index in [4.69, 9.17) is 4.42 Å². The minimum Gasteiger partial charge on any atom is -0.492 e. The maximum absolute atomic E-state index is 10.5. The Hall–Kier alpha value is -1.86. The molecule has 6 nitrogen and oxygen atoms in total. The van der Waals surface area contributed by atoms with Gasteiger partial charge in [0.05, 0.1) is 11.1 Å². The van der Waals surface area contributed by atoms with Crippen LogP contribution in [0.15, 0.2) is 22.8 Å². The van der Waals surface area contributed by atoms with Crippen molar-refractivity contribution in [1.29, 1.82) is 0 Å². The number of hydrogen-bond donors (Lipinski definition) is 1. The van der Waals surface area contributed by atoms with Crippen LogP contribution in [0.1, 0.15) is 36.4 Å². The SMILES string of the molecule is CCN(CC)C(c1ccco1)c1sc2nc(C)nn2c1O. The van der Waals surface area contributed by atoms with Gasteiger partial charge in [-0.2, -0.15) is 4.52 Å². The van der Waals surface area contributed by atoms with E-state index in [1.807, 2.05) is 19.1 Å². The zero-order valence-corrected chi connectivity index (χ0v) is 13.1. The number of thiazole rings is 1. The van der Waals surface area contributed by atoms with Gasteiger partial charge < -0.3 is 9.52 Å². The molecule has 7 heteroatoms. The lowest BCUT2D eigenvalue weighted by Crippen LogP contribution is -2.28. The molecule has 3 aromatic rings. The summed E-state index contributed by atoms with van der Waals surface area (Å²) in [4.78, 5) is 8.07. The number of aryl methyl sites for hydroxylation is 1. The average Bonchev–Trinajstić information content (AvgIpc) is 3.16. The molecule has 1 unspecified atom stereocenters. The van der Waals surface area contributed by atoms with E-state index in [1.54, 1.807) is 6.26 Å². The number of nitrogens with zero attached hydrogens (tertiary/aromatic N) is 4. The van der Waals surface area contributed by atoms with Gasteiger partial charge in [-0.25, -0.2) is 4.98 Å². The van der Waals surface area contributed by atoms with Crippen molar-refractivity contribution >= 4 is 16.3 Å². The van der Waals surface area contributed by atoms with Crippen molar-refractivity contribution in [3.63, 3.8) is 0 Å². The Bertz CT molecular complexity index is 728. The number of aromatic hydroxyl groups is 1. The molecule has 0 bridgehead atoms. The first-order valence-corrected chi connectivity index (χ1v) is 7.79. The fraction of sp³-hybridized carbons (Fsp3) is 0.429. The van der Waals surface area contributed by atoms with Crippen molar-refractivity contribution in [2.24, 2.45) is 0 Å². The number of hydrogen-bond acceptors (Lipinski definition) is 6. The van der Waals surface area contributed by atoms with Crippen LogP contribution in [0.5, 0.6) is 5.88 Å². The Morgan fingerprint density at radius 2 is 2.19 bits per heavy atom. The lowest BCUT2D eigenvalue weighted by molar-refractivity contribution is 0.222. The molecule has 21 heavy (non-hydrogen) atoms. The summed E-state index contributed by atoms with van der Waals surface area (Å²) < 4.78 is 7.08. The predicted octanol–water partition coefficient (Wildman–Crippen LogP) is 2.83. The van der Waals surface area contributed by atoms with Gasteiger partial charge in [0.1, 0.15) is 17.6 Å². The van der Waals surface area contributed by atoms with Crippen LogP contribution in [0.3, 0.4) is 0 Å². The maximum atomic E-state index is 10.5. The largest absolute Gasteiger partial charge is 0.492 e. The fourth-order valence-corrected chi connectivity index (χ4v) is 3.68. The van der Waals surface area contributed by atoms with E-state index in [0.29, 0.717) is 10.8 Å². The van der Waals surface area contributed by atoms with Gasteiger partial charge in [-0.05, 0) is 32.1 Å². The van der Waals surface area contributed by atoms with Gasteiger partial charge in [0.15, 0.2) is 0 Å². The Balaban J connectivity index is 2.13. The van der Waals surface area contributed by atoms with Gasteiger partial charge in [-0.15, -0.1) is 5.10 Å². The third-order valence-electron chi connectivity index (χ3n) is 3.54. The van der Waals surface area contributed by atoms with Gasteiger partial charge in [0.2, 0.25) is 10.8 Å². The van der Waals surface area contributed by atoms with Crippen LogP contribution in [0.25, 0.3) is 4.96 Å². The fourth-order valence-electron chi connectivity index (χ4n) is 2.54. The third kappa shape index (κ3) is 2.32. The molecular weight excluding hydrogens is 288 g/mol. The second kappa shape index (κ2) is 5.50. The summed E-state index contributed by atoms with van der Waals surface area (Å²) in [6.07, 6.45) is 1.66. The number of aromatic nitrogens is 3. The molecule has 112 valence electrons. The van der Waals surface area contributed by atoms with Crippen LogP contribution < -0.4 is 0 Å². The summed E-state index contributed by atoms with van der Waals surface area (Å²) in [7, 11) is 0. The first kappa shape index (κ1) is 14.1. The second-order valence-electron chi connectivity index (χ2n) is 4.78. The molecule has 0 aliphatic carbocycles. The van der Waals surface area contributed by atoms with E-state index in [0.717, 1.165) is 23.7 Å². The monoisotopic (exact) mass is 306 g/mol. The standard InChI is InChI=1S/C14H18N4O2S/c1-4-17(5-2)11(10-7-6-8-20-10)12-13(19)18-14(21-12)15-9(3)16-18/h6-8,11,19H,4-5H2,1-3H3. The number of furan rings is 1. The Labute approximate surface area is 126 Å². The zero-order chi connectivity index (χ0) is 15.0. The molecule has 3 aromatic heterocycles. The first-order valence-electron chi connectivity index (χ1n) is 6.98. The molecule has 1 atom stereocenters. The van der Waals surface area contributed by atoms with Crippen molar-refractivity contribution in [1.82, 2.24) is 19.5 Å². The number of rotatable bonds is 5. The van der Waals surface area contributed by atoms with E-state index in [9.17, 15) is 5.11 Å². The molecule has 0 fully saturated rings. The quantitative estimate of drug-likeness (QED) is 0.785. The van der Waals surface area contributed by atoms with Crippen LogP contribution in [-0.2, 0) is 0 Å². The zero-order valence-electron chi connectivity index (χ0n) is 12.3. The number of fused-ring (bicyclic) bond motifs is 1. The molecular formula is C14H18N4O2S. The highest BCUT2D eigenvalue weighted by molar-refractivity contribution is 7.17. The minimum absolute atomic E-state index is 0.121. The molecule has 1 N–H and O–H groups in total. The van der Waals surface area contributed by atoms with Crippen molar-refractivity contribution in [3.8, 4) is 5.88 Å². The first-order chi connectivity index (χ1) is 10.2.